The van der Waals surface area contributed by atoms with Gasteiger partial charge in [-0.2, -0.15) is 4.39 Å². The summed E-state index contributed by atoms with van der Waals surface area (Å²) < 4.78 is 13.4. The fourth-order valence-corrected chi connectivity index (χ4v) is 2.13. The van der Waals surface area contributed by atoms with E-state index in [1.54, 1.807) is 4.90 Å². The third-order valence-electron chi connectivity index (χ3n) is 3.02. The van der Waals surface area contributed by atoms with Gasteiger partial charge in [-0.05, 0) is 12.1 Å². The number of amides is 2. The summed E-state index contributed by atoms with van der Waals surface area (Å²) in [5.74, 6) is -1.39. The van der Waals surface area contributed by atoms with E-state index in [2.05, 4.69) is 4.98 Å². The van der Waals surface area contributed by atoms with Gasteiger partial charge < -0.3 is 9.80 Å². The van der Waals surface area contributed by atoms with E-state index in [4.69, 9.17) is 11.6 Å². The van der Waals surface area contributed by atoms with Crippen molar-refractivity contribution in [3.8, 4) is 0 Å². The normalized spacial score (nSPS) is 15.5. The lowest BCUT2D eigenvalue weighted by Crippen LogP contribution is -2.51. The Morgan fingerprint density at radius 3 is 2.47 bits per heavy atom. The van der Waals surface area contributed by atoms with Gasteiger partial charge in [-0.1, -0.05) is 0 Å². The molecule has 1 aliphatic rings. The zero-order valence-electron chi connectivity index (χ0n) is 10.2. The number of halogens is 2. The van der Waals surface area contributed by atoms with Gasteiger partial charge in [0.1, 0.15) is 5.88 Å². The topological polar surface area (TPSA) is 53.5 Å². The minimum Gasteiger partial charge on any atom is -0.338 e. The second-order valence-corrected chi connectivity index (χ2v) is 4.42. The van der Waals surface area contributed by atoms with E-state index in [1.807, 2.05) is 0 Å². The number of hydrogen-bond acceptors (Lipinski definition) is 3. The SMILES string of the molecule is O=C(CCl)N1CCN(C(=O)c2cccnc2F)CC1. The summed E-state index contributed by atoms with van der Waals surface area (Å²) in [5.41, 5.74) is -0.0420. The van der Waals surface area contributed by atoms with Crippen LogP contribution in [0.25, 0.3) is 0 Å². The van der Waals surface area contributed by atoms with Crippen molar-refractivity contribution in [2.24, 2.45) is 0 Å². The highest BCUT2D eigenvalue weighted by atomic mass is 35.5. The maximum Gasteiger partial charge on any atom is 0.258 e. The van der Waals surface area contributed by atoms with Gasteiger partial charge in [0.15, 0.2) is 0 Å². The van der Waals surface area contributed by atoms with Gasteiger partial charge in [0.05, 0.1) is 5.56 Å². The summed E-state index contributed by atoms with van der Waals surface area (Å²) >= 11 is 5.47. The first-order valence-corrected chi connectivity index (χ1v) is 6.40. The third kappa shape index (κ3) is 3.01. The number of piperazine rings is 1. The molecule has 0 aliphatic carbocycles. The first-order valence-electron chi connectivity index (χ1n) is 5.87. The van der Waals surface area contributed by atoms with Gasteiger partial charge in [0.25, 0.3) is 5.91 Å². The second kappa shape index (κ2) is 5.97. The fourth-order valence-electron chi connectivity index (χ4n) is 1.96. The van der Waals surface area contributed by atoms with Crippen molar-refractivity contribution >= 4 is 23.4 Å². The molecule has 2 rings (SSSR count). The van der Waals surface area contributed by atoms with Gasteiger partial charge in [-0.25, -0.2) is 4.98 Å². The number of rotatable bonds is 2. The Morgan fingerprint density at radius 1 is 1.26 bits per heavy atom. The molecule has 1 aromatic rings. The zero-order chi connectivity index (χ0) is 13.8. The number of alkyl halides is 1. The summed E-state index contributed by atoms with van der Waals surface area (Å²) in [6.07, 6.45) is 1.29. The average Bonchev–Trinajstić information content (AvgIpc) is 2.46. The van der Waals surface area contributed by atoms with Crippen LogP contribution in [-0.2, 0) is 4.79 Å². The lowest BCUT2D eigenvalue weighted by Gasteiger charge is -2.34. The molecule has 0 radical (unpaired) electrons. The second-order valence-electron chi connectivity index (χ2n) is 4.15. The highest BCUT2D eigenvalue weighted by molar-refractivity contribution is 6.27. The van der Waals surface area contributed by atoms with Crippen LogP contribution in [0.5, 0.6) is 0 Å². The van der Waals surface area contributed by atoms with Crippen LogP contribution in [0.4, 0.5) is 4.39 Å². The molecule has 0 aromatic carbocycles. The molecule has 0 bridgehead atoms. The largest absolute Gasteiger partial charge is 0.338 e. The van der Waals surface area contributed by atoms with Crippen molar-refractivity contribution in [3.05, 3.63) is 29.8 Å². The summed E-state index contributed by atoms with van der Waals surface area (Å²) in [7, 11) is 0. The molecule has 102 valence electrons. The van der Waals surface area contributed by atoms with Crippen LogP contribution in [0.3, 0.4) is 0 Å². The van der Waals surface area contributed by atoms with E-state index >= 15 is 0 Å². The maximum atomic E-state index is 13.4. The Morgan fingerprint density at radius 2 is 1.89 bits per heavy atom. The van der Waals surface area contributed by atoms with Crippen LogP contribution in [-0.4, -0.2) is 58.7 Å². The smallest absolute Gasteiger partial charge is 0.258 e. The molecular formula is C12H13ClFN3O2. The van der Waals surface area contributed by atoms with Crippen molar-refractivity contribution in [3.63, 3.8) is 0 Å². The van der Waals surface area contributed by atoms with Gasteiger partial charge in [0.2, 0.25) is 11.9 Å². The van der Waals surface area contributed by atoms with E-state index in [0.29, 0.717) is 26.2 Å². The third-order valence-corrected chi connectivity index (χ3v) is 3.25. The van der Waals surface area contributed by atoms with Gasteiger partial charge >= 0.3 is 0 Å². The van der Waals surface area contributed by atoms with E-state index in [-0.39, 0.29) is 17.4 Å². The van der Waals surface area contributed by atoms with Crippen LogP contribution in [0.2, 0.25) is 0 Å². The van der Waals surface area contributed by atoms with Gasteiger partial charge in [-0.15, -0.1) is 11.6 Å². The summed E-state index contributed by atoms with van der Waals surface area (Å²) in [5, 5.41) is 0. The Bertz CT molecular complexity index is 490. The summed E-state index contributed by atoms with van der Waals surface area (Å²) in [4.78, 5) is 30.0. The molecule has 19 heavy (non-hydrogen) atoms. The molecule has 1 fully saturated rings. The molecule has 0 atom stereocenters. The molecule has 0 saturated carbocycles. The van der Waals surface area contributed by atoms with E-state index in [0.717, 1.165) is 0 Å². The molecule has 1 aromatic heterocycles. The van der Waals surface area contributed by atoms with Gasteiger partial charge in [0, 0.05) is 32.4 Å². The molecule has 1 saturated heterocycles. The number of nitrogens with zero attached hydrogens (tertiary/aromatic N) is 3. The molecule has 1 aliphatic heterocycles. The molecule has 7 heteroatoms. The molecular weight excluding hydrogens is 273 g/mol. The Labute approximate surface area is 115 Å². The number of aromatic nitrogens is 1. The molecule has 0 spiro atoms. The molecule has 0 unspecified atom stereocenters. The monoisotopic (exact) mass is 285 g/mol. The Kier molecular flexibility index (Phi) is 4.31. The minimum absolute atomic E-state index is 0.0420. The lowest BCUT2D eigenvalue weighted by molar-refractivity contribution is -0.129. The van der Waals surface area contributed by atoms with Crippen LogP contribution in [0, 0.1) is 5.95 Å². The highest BCUT2D eigenvalue weighted by Crippen LogP contribution is 2.11. The van der Waals surface area contributed by atoms with Crippen LogP contribution < -0.4 is 0 Å². The standard InChI is InChI=1S/C12H13ClFN3O2/c13-8-10(18)16-4-6-17(7-5-16)12(19)9-2-1-3-15-11(9)14/h1-3H,4-8H2. The van der Waals surface area contributed by atoms with Crippen molar-refractivity contribution in [2.45, 2.75) is 0 Å². The predicted octanol–water partition coefficient (Wildman–Crippen LogP) is 0.744. The summed E-state index contributed by atoms with van der Waals surface area (Å²) in [6.45, 7) is 1.57. The molecule has 5 nitrogen and oxygen atoms in total. The van der Waals surface area contributed by atoms with Crippen molar-refractivity contribution < 1.29 is 14.0 Å². The Balaban J connectivity index is 2.00. The van der Waals surface area contributed by atoms with Crippen molar-refractivity contribution in [1.82, 2.24) is 14.8 Å². The predicted molar refractivity (Wildman–Crippen MR) is 67.4 cm³/mol. The number of carbonyl (C=O) groups excluding carboxylic acids is 2. The molecule has 2 amide bonds. The molecule has 2 heterocycles. The number of carbonyl (C=O) groups is 2. The first kappa shape index (κ1) is 13.7. The first-order chi connectivity index (χ1) is 9.13. The van der Waals surface area contributed by atoms with E-state index in [1.165, 1.54) is 23.2 Å². The van der Waals surface area contributed by atoms with E-state index in [9.17, 15) is 14.0 Å². The number of hydrogen-bond donors (Lipinski definition) is 0. The quantitative estimate of drug-likeness (QED) is 0.595. The summed E-state index contributed by atoms with van der Waals surface area (Å²) in [6, 6.07) is 2.92. The van der Waals surface area contributed by atoms with Crippen LogP contribution >= 0.6 is 11.6 Å². The highest BCUT2D eigenvalue weighted by Gasteiger charge is 2.25. The van der Waals surface area contributed by atoms with Gasteiger partial charge in [-0.3, -0.25) is 9.59 Å². The lowest BCUT2D eigenvalue weighted by atomic mass is 10.2. The fraction of sp³-hybridized carbons (Fsp3) is 0.417. The van der Waals surface area contributed by atoms with Crippen molar-refractivity contribution in [2.75, 3.05) is 32.1 Å². The van der Waals surface area contributed by atoms with Crippen LogP contribution in [0.15, 0.2) is 18.3 Å². The van der Waals surface area contributed by atoms with Crippen molar-refractivity contribution in [1.29, 1.82) is 0 Å². The zero-order valence-corrected chi connectivity index (χ0v) is 10.9. The molecule has 0 N–H and O–H groups in total. The van der Waals surface area contributed by atoms with E-state index < -0.39 is 11.9 Å². The Hall–Kier alpha value is -1.69. The number of pyridine rings is 1. The minimum atomic E-state index is -0.772. The maximum absolute atomic E-state index is 13.4. The average molecular weight is 286 g/mol. The van der Waals surface area contributed by atoms with Crippen LogP contribution in [0.1, 0.15) is 10.4 Å².